The minimum absolute atomic E-state index is 0.670. The summed E-state index contributed by atoms with van der Waals surface area (Å²) >= 11 is 5.79. The van der Waals surface area contributed by atoms with E-state index in [1.165, 1.54) is 25.7 Å². The minimum Gasteiger partial charge on any atom is -0.126 e. The van der Waals surface area contributed by atoms with Gasteiger partial charge in [-0.25, -0.2) is 0 Å². The minimum atomic E-state index is 0.670. The Morgan fingerprint density at radius 3 is 2.60 bits per heavy atom. The van der Waals surface area contributed by atoms with Crippen molar-refractivity contribution in [3.63, 3.8) is 0 Å². The van der Waals surface area contributed by atoms with Crippen molar-refractivity contribution in [2.75, 3.05) is 5.88 Å². The zero-order valence-corrected chi connectivity index (χ0v) is 7.32. The standard InChI is InChI=1S/C9H15Cl/c1-9(4-7-2-3-7)5-8(9)6-10/h7-8H,2-6H2,1H3. The van der Waals surface area contributed by atoms with Crippen LogP contribution in [0.5, 0.6) is 0 Å². The maximum absolute atomic E-state index is 5.79. The second kappa shape index (κ2) is 2.14. The van der Waals surface area contributed by atoms with E-state index in [1.807, 2.05) is 0 Å². The largest absolute Gasteiger partial charge is 0.126 e. The monoisotopic (exact) mass is 158 g/mol. The molecule has 0 heterocycles. The van der Waals surface area contributed by atoms with E-state index in [0.29, 0.717) is 5.41 Å². The van der Waals surface area contributed by atoms with Crippen LogP contribution >= 0.6 is 11.6 Å². The lowest BCUT2D eigenvalue weighted by atomic mass is 9.99. The van der Waals surface area contributed by atoms with Gasteiger partial charge in [-0.3, -0.25) is 0 Å². The van der Waals surface area contributed by atoms with Gasteiger partial charge < -0.3 is 0 Å². The van der Waals surface area contributed by atoms with E-state index in [2.05, 4.69) is 6.92 Å². The maximum Gasteiger partial charge on any atom is 0.0257 e. The Morgan fingerprint density at radius 2 is 2.20 bits per heavy atom. The molecule has 2 aliphatic rings. The highest BCUT2D eigenvalue weighted by atomic mass is 35.5. The summed E-state index contributed by atoms with van der Waals surface area (Å²) in [6, 6.07) is 0. The first-order valence-corrected chi connectivity index (χ1v) is 4.84. The first-order chi connectivity index (χ1) is 4.74. The van der Waals surface area contributed by atoms with E-state index in [4.69, 9.17) is 11.6 Å². The van der Waals surface area contributed by atoms with Crippen LogP contribution in [0.15, 0.2) is 0 Å². The molecule has 2 atom stereocenters. The molecule has 0 aromatic heterocycles. The predicted molar refractivity (Wildman–Crippen MR) is 44.3 cm³/mol. The van der Waals surface area contributed by atoms with E-state index in [0.717, 1.165) is 17.7 Å². The van der Waals surface area contributed by atoms with Crippen LogP contribution < -0.4 is 0 Å². The molecule has 58 valence electrons. The summed E-state index contributed by atoms with van der Waals surface area (Å²) in [4.78, 5) is 0. The Kier molecular flexibility index (Phi) is 1.49. The van der Waals surface area contributed by atoms with Crippen molar-refractivity contribution in [1.29, 1.82) is 0 Å². The van der Waals surface area contributed by atoms with Gasteiger partial charge in [0.25, 0.3) is 0 Å². The second-order valence-electron chi connectivity index (χ2n) is 4.36. The smallest absolute Gasteiger partial charge is 0.0257 e. The molecule has 0 aliphatic heterocycles. The molecule has 0 nitrogen and oxygen atoms in total. The highest BCUT2D eigenvalue weighted by Crippen LogP contribution is 2.59. The van der Waals surface area contributed by atoms with Gasteiger partial charge in [0, 0.05) is 5.88 Å². The highest BCUT2D eigenvalue weighted by Gasteiger charge is 2.51. The molecule has 0 amide bonds. The van der Waals surface area contributed by atoms with Gasteiger partial charge in [-0.15, -0.1) is 11.6 Å². The molecule has 0 radical (unpaired) electrons. The molecule has 0 aromatic rings. The lowest BCUT2D eigenvalue weighted by molar-refractivity contribution is 0.444. The van der Waals surface area contributed by atoms with E-state index in [1.54, 1.807) is 0 Å². The van der Waals surface area contributed by atoms with Crippen LogP contribution in [0.2, 0.25) is 0 Å². The number of rotatable bonds is 3. The van der Waals surface area contributed by atoms with Gasteiger partial charge in [0.15, 0.2) is 0 Å². The first-order valence-electron chi connectivity index (χ1n) is 4.30. The maximum atomic E-state index is 5.79. The first kappa shape index (κ1) is 6.97. The molecule has 0 N–H and O–H groups in total. The molecular weight excluding hydrogens is 144 g/mol. The van der Waals surface area contributed by atoms with Crippen LogP contribution in [-0.4, -0.2) is 5.88 Å². The summed E-state index contributed by atoms with van der Waals surface area (Å²) in [5.41, 5.74) is 0.670. The third-order valence-corrected chi connectivity index (χ3v) is 3.55. The Balaban J connectivity index is 1.81. The quantitative estimate of drug-likeness (QED) is 0.554. The molecule has 0 bridgehead atoms. The zero-order chi connectivity index (χ0) is 7.19. The summed E-state index contributed by atoms with van der Waals surface area (Å²) < 4.78 is 0. The fraction of sp³-hybridized carbons (Fsp3) is 1.00. The molecule has 2 unspecified atom stereocenters. The van der Waals surface area contributed by atoms with Gasteiger partial charge >= 0.3 is 0 Å². The summed E-state index contributed by atoms with van der Waals surface area (Å²) in [5.74, 6) is 2.83. The Hall–Kier alpha value is 0.290. The van der Waals surface area contributed by atoms with Crippen molar-refractivity contribution >= 4 is 11.6 Å². The molecule has 0 aromatic carbocycles. The number of halogens is 1. The Labute approximate surface area is 68.0 Å². The Morgan fingerprint density at radius 1 is 1.50 bits per heavy atom. The van der Waals surface area contributed by atoms with Crippen molar-refractivity contribution < 1.29 is 0 Å². The summed E-state index contributed by atoms with van der Waals surface area (Å²) in [6.07, 6.45) is 5.84. The Bertz CT molecular complexity index is 140. The molecule has 10 heavy (non-hydrogen) atoms. The van der Waals surface area contributed by atoms with Gasteiger partial charge in [0.05, 0.1) is 0 Å². The van der Waals surface area contributed by atoms with Crippen LogP contribution in [0.1, 0.15) is 32.6 Å². The molecule has 1 heteroatoms. The molecule has 2 rings (SSSR count). The number of hydrogen-bond acceptors (Lipinski definition) is 0. The second-order valence-corrected chi connectivity index (χ2v) is 4.67. The lowest BCUT2D eigenvalue weighted by Crippen LogP contribution is -1.99. The van der Waals surface area contributed by atoms with Crippen molar-refractivity contribution in [3.8, 4) is 0 Å². The van der Waals surface area contributed by atoms with E-state index in [-0.39, 0.29) is 0 Å². The number of alkyl halides is 1. The fourth-order valence-corrected chi connectivity index (χ4v) is 2.46. The predicted octanol–water partition coefficient (Wildman–Crippen LogP) is 3.05. The van der Waals surface area contributed by atoms with Crippen molar-refractivity contribution in [2.45, 2.75) is 32.6 Å². The van der Waals surface area contributed by atoms with Crippen LogP contribution in [-0.2, 0) is 0 Å². The van der Waals surface area contributed by atoms with Gasteiger partial charge in [-0.1, -0.05) is 19.8 Å². The van der Waals surface area contributed by atoms with E-state index < -0.39 is 0 Å². The molecule has 0 saturated heterocycles. The normalized spacial score (nSPS) is 45.6. The molecule has 0 spiro atoms. The van der Waals surface area contributed by atoms with E-state index >= 15 is 0 Å². The van der Waals surface area contributed by atoms with E-state index in [9.17, 15) is 0 Å². The summed E-state index contributed by atoms with van der Waals surface area (Å²) in [6.45, 7) is 2.40. The SMILES string of the molecule is CC1(CC2CC2)CC1CCl. The van der Waals surface area contributed by atoms with Crippen molar-refractivity contribution in [3.05, 3.63) is 0 Å². The number of hydrogen-bond donors (Lipinski definition) is 0. The third-order valence-electron chi connectivity index (χ3n) is 3.18. The lowest BCUT2D eigenvalue weighted by Gasteiger charge is -2.07. The summed E-state index contributed by atoms with van der Waals surface area (Å²) in [5, 5.41) is 0. The van der Waals surface area contributed by atoms with Crippen LogP contribution in [0.25, 0.3) is 0 Å². The zero-order valence-electron chi connectivity index (χ0n) is 6.57. The molecular formula is C9H15Cl. The van der Waals surface area contributed by atoms with Crippen LogP contribution in [0.3, 0.4) is 0 Å². The van der Waals surface area contributed by atoms with Crippen molar-refractivity contribution in [2.24, 2.45) is 17.3 Å². The van der Waals surface area contributed by atoms with Gasteiger partial charge in [0.2, 0.25) is 0 Å². The van der Waals surface area contributed by atoms with Crippen molar-refractivity contribution in [1.82, 2.24) is 0 Å². The molecule has 2 fully saturated rings. The van der Waals surface area contributed by atoms with Gasteiger partial charge in [-0.05, 0) is 30.1 Å². The van der Waals surface area contributed by atoms with Crippen LogP contribution in [0, 0.1) is 17.3 Å². The fourth-order valence-electron chi connectivity index (χ4n) is 1.98. The molecule has 2 aliphatic carbocycles. The highest BCUT2D eigenvalue weighted by molar-refractivity contribution is 6.18. The van der Waals surface area contributed by atoms with Gasteiger partial charge in [0.1, 0.15) is 0 Å². The summed E-state index contributed by atoms with van der Waals surface area (Å²) in [7, 11) is 0. The average molecular weight is 159 g/mol. The third kappa shape index (κ3) is 1.18. The van der Waals surface area contributed by atoms with Gasteiger partial charge in [-0.2, -0.15) is 0 Å². The van der Waals surface area contributed by atoms with Crippen LogP contribution in [0.4, 0.5) is 0 Å². The average Bonchev–Trinajstić information content (AvgIpc) is 2.73. The topological polar surface area (TPSA) is 0 Å². The molecule has 2 saturated carbocycles.